The molecule has 0 saturated heterocycles. The summed E-state index contributed by atoms with van der Waals surface area (Å²) in [5.74, 6) is -0.183. The lowest BCUT2D eigenvalue weighted by Crippen LogP contribution is -2.23. The zero-order valence-corrected chi connectivity index (χ0v) is 13.7. The number of benzene rings is 1. The minimum absolute atomic E-state index is 0.183. The number of hydrogen-bond acceptors (Lipinski definition) is 4. The summed E-state index contributed by atoms with van der Waals surface area (Å²) in [6, 6.07) is 11.8. The number of nitrogens with zero attached hydrogens (tertiary/aromatic N) is 2. The summed E-state index contributed by atoms with van der Waals surface area (Å²) in [6.45, 7) is 2.49. The zero-order valence-electron chi connectivity index (χ0n) is 12.9. The van der Waals surface area contributed by atoms with E-state index < -0.39 is 0 Å². The predicted molar refractivity (Wildman–Crippen MR) is 91.3 cm³/mol. The first-order valence-electron chi connectivity index (χ1n) is 7.58. The van der Waals surface area contributed by atoms with Gasteiger partial charge in [0.05, 0.1) is 12.2 Å². The Kier molecular flexibility index (Phi) is 4.83. The number of nitrogens with one attached hydrogen (secondary N) is 2. The van der Waals surface area contributed by atoms with Crippen molar-refractivity contribution in [3.05, 3.63) is 58.9 Å². The molecule has 118 valence electrons. The second-order valence-corrected chi connectivity index (χ2v) is 6.08. The Labute approximate surface area is 138 Å². The molecule has 2 heterocycles. The number of carbonyl (C=O) groups excluding carboxylic acids is 1. The molecular weight excluding hydrogens is 308 g/mol. The highest BCUT2D eigenvalue weighted by atomic mass is 32.1. The van der Waals surface area contributed by atoms with Crippen LogP contribution in [0.1, 0.15) is 35.2 Å². The van der Waals surface area contributed by atoms with Crippen molar-refractivity contribution in [1.82, 2.24) is 20.5 Å². The van der Waals surface area contributed by atoms with E-state index in [0.717, 1.165) is 34.8 Å². The third-order valence-electron chi connectivity index (χ3n) is 3.39. The van der Waals surface area contributed by atoms with Gasteiger partial charge in [-0.15, -0.1) is 11.3 Å². The lowest BCUT2D eigenvalue weighted by Gasteiger charge is -2.00. The molecule has 0 aliphatic rings. The van der Waals surface area contributed by atoms with Gasteiger partial charge in [-0.05, 0) is 12.5 Å². The molecule has 0 aliphatic heterocycles. The van der Waals surface area contributed by atoms with Crippen LogP contribution < -0.4 is 5.32 Å². The van der Waals surface area contributed by atoms with E-state index in [1.165, 1.54) is 0 Å². The molecule has 23 heavy (non-hydrogen) atoms. The molecule has 3 aromatic rings. The number of aryl methyl sites for hydroxylation is 1. The maximum absolute atomic E-state index is 12.1. The predicted octanol–water partition coefficient (Wildman–Crippen LogP) is 3.42. The van der Waals surface area contributed by atoms with Crippen LogP contribution in [0.2, 0.25) is 0 Å². The van der Waals surface area contributed by atoms with Gasteiger partial charge in [0.15, 0.2) is 0 Å². The summed E-state index contributed by atoms with van der Waals surface area (Å²) in [6.07, 6.45) is 1.91. The van der Waals surface area contributed by atoms with E-state index in [4.69, 9.17) is 0 Å². The minimum Gasteiger partial charge on any atom is -0.345 e. The molecule has 6 heteroatoms. The van der Waals surface area contributed by atoms with E-state index in [1.807, 2.05) is 35.7 Å². The molecule has 0 aliphatic carbocycles. The van der Waals surface area contributed by atoms with Crippen LogP contribution in [-0.2, 0) is 13.0 Å². The number of hydrogen-bond donors (Lipinski definition) is 2. The minimum atomic E-state index is -0.183. The van der Waals surface area contributed by atoms with E-state index >= 15 is 0 Å². The smallest absolute Gasteiger partial charge is 0.272 e. The van der Waals surface area contributed by atoms with Crippen molar-refractivity contribution in [2.75, 3.05) is 0 Å². The number of thiazole rings is 1. The number of aromatic amines is 1. The fourth-order valence-electron chi connectivity index (χ4n) is 2.24. The molecule has 1 aromatic carbocycles. The number of H-pyrrole nitrogens is 1. The zero-order chi connectivity index (χ0) is 16.1. The fourth-order valence-corrected chi connectivity index (χ4v) is 3.06. The number of amides is 1. The topological polar surface area (TPSA) is 70.7 Å². The molecule has 0 atom stereocenters. The van der Waals surface area contributed by atoms with Gasteiger partial charge in [0.1, 0.15) is 10.7 Å². The van der Waals surface area contributed by atoms with Crippen molar-refractivity contribution < 1.29 is 4.79 Å². The number of carbonyl (C=O) groups is 1. The Morgan fingerprint density at radius 3 is 2.91 bits per heavy atom. The van der Waals surface area contributed by atoms with Crippen LogP contribution in [0.15, 0.2) is 41.8 Å². The van der Waals surface area contributed by atoms with E-state index in [2.05, 4.69) is 27.4 Å². The summed E-state index contributed by atoms with van der Waals surface area (Å²) in [4.78, 5) is 16.7. The highest BCUT2D eigenvalue weighted by Crippen LogP contribution is 2.23. The molecule has 5 nitrogen and oxygen atoms in total. The van der Waals surface area contributed by atoms with Gasteiger partial charge in [0.25, 0.3) is 5.91 Å². The van der Waals surface area contributed by atoms with Crippen LogP contribution in [0.4, 0.5) is 0 Å². The van der Waals surface area contributed by atoms with Gasteiger partial charge in [0.2, 0.25) is 0 Å². The second-order valence-electron chi connectivity index (χ2n) is 5.22. The molecular formula is C17H18N4OS. The quantitative estimate of drug-likeness (QED) is 0.729. The van der Waals surface area contributed by atoms with Gasteiger partial charge in [-0.25, -0.2) is 4.98 Å². The Bertz CT molecular complexity index is 779. The molecule has 0 saturated carbocycles. The Hall–Kier alpha value is -2.47. The third-order valence-corrected chi connectivity index (χ3v) is 4.33. The lowest BCUT2D eigenvalue weighted by atomic mass is 10.2. The van der Waals surface area contributed by atoms with Gasteiger partial charge in [0, 0.05) is 16.6 Å². The molecule has 2 N–H and O–H groups in total. The monoisotopic (exact) mass is 326 g/mol. The molecule has 2 aromatic heterocycles. The molecule has 0 fully saturated rings. The van der Waals surface area contributed by atoms with Crippen molar-refractivity contribution >= 4 is 17.2 Å². The van der Waals surface area contributed by atoms with E-state index in [0.29, 0.717) is 12.2 Å². The summed E-state index contributed by atoms with van der Waals surface area (Å²) in [7, 11) is 0. The molecule has 3 rings (SSSR count). The number of rotatable bonds is 6. The maximum atomic E-state index is 12.1. The van der Waals surface area contributed by atoms with Crippen LogP contribution >= 0.6 is 11.3 Å². The normalized spacial score (nSPS) is 10.7. The van der Waals surface area contributed by atoms with Gasteiger partial charge in [-0.1, -0.05) is 43.7 Å². The summed E-state index contributed by atoms with van der Waals surface area (Å²) >= 11 is 1.58. The SMILES string of the molecule is CCCc1cc(C(=O)NCc2csc(-c3ccccc3)n2)n[nH]1. The van der Waals surface area contributed by atoms with Crippen molar-refractivity contribution in [1.29, 1.82) is 0 Å². The first-order valence-corrected chi connectivity index (χ1v) is 8.46. The van der Waals surface area contributed by atoms with Crippen LogP contribution in [0.25, 0.3) is 10.6 Å². The molecule has 0 unspecified atom stereocenters. The first kappa shape index (κ1) is 15.4. The van der Waals surface area contributed by atoms with Crippen LogP contribution in [0, 0.1) is 0 Å². The van der Waals surface area contributed by atoms with E-state index in [-0.39, 0.29) is 5.91 Å². The Morgan fingerprint density at radius 1 is 1.30 bits per heavy atom. The van der Waals surface area contributed by atoms with Crippen molar-refractivity contribution in [3.63, 3.8) is 0 Å². The molecule has 0 bridgehead atoms. The highest BCUT2D eigenvalue weighted by molar-refractivity contribution is 7.13. The largest absolute Gasteiger partial charge is 0.345 e. The van der Waals surface area contributed by atoms with Crippen molar-refractivity contribution in [2.24, 2.45) is 0 Å². The van der Waals surface area contributed by atoms with E-state index in [9.17, 15) is 4.79 Å². The van der Waals surface area contributed by atoms with Crippen molar-refractivity contribution in [2.45, 2.75) is 26.3 Å². The summed E-state index contributed by atoms with van der Waals surface area (Å²) in [5.41, 5.74) is 3.35. The van der Waals surface area contributed by atoms with Crippen LogP contribution in [-0.4, -0.2) is 21.1 Å². The Balaban J connectivity index is 1.60. The fraction of sp³-hybridized carbons (Fsp3) is 0.235. The van der Waals surface area contributed by atoms with Gasteiger partial charge < -0.3 is 5.32 Å². The molecule has 0 spiro atoms. The number of aromatic nitrogens is 3. The molecule has 1 amide bonds. The van der Waals surface area contributed by atoms with Crippen LogP contribution in [0.5, 0.6) is 0 Å². The summed E-state index contributed by atoms with van der Waals surface area (Å²) in [5, 5.41) is 12.7. The van der Waals surface area contributed by atoms with Crippen molar-refractivity contribution in [3.8, 4) is 10.6 Å². The average molecular weight is 326 g/mol. The lowest BCUT2D eigenvalue weighted by molar-refractivity contribution is 0.0945. The van der Waals surface area contributed by atoms with E-state index in [1.54, 1.807) is 17.4 Å². The summed E-state index contributed by atoms with van der Waals surface area (Å²) < 4.78 is 0. The first-order chi connectivity index (χ1) is 11.3. The molecule has 0 radical (unpaired) electrons. The van der Waals surface area contributed by atoms with Crippen LogP contribution in [0.3, 0.4) is 0 Å². The Morgan fingerprint density at radius 2 is 2.13 bits per heavy atom. The standard InChI is InChI=1S/C17H18N4OS/c1-2-6-13-9-15(21-20-13)16(22)18-10-14-11-23-17(19-14)12-7-4-3-5-8-12/h3-5,7-9,11H,2,6,10H2,1H3,(H,18,22)(H,20,21). The average Bonchev–Trinajstić information content (AvgIpc) is 3.23. The maximum Gasteiger partial charge on any atom is 0.272 e. The van der Waals surface area contributed by atoms with Gasteiger partial charge in [-0.3, -0.25) is 9.89 Å². The van der Waals surface area contributed by atoms with Gasteiger partial charge in [-0.2, -0.15) is 5.10 Å². The second kappa shape index (κ2) is 7.19. The highest BCUT2D eigenvalue weighted by Gasteiger charge is 2.11. The van der Waals surface area contributed by atoms with Gasteiger partial charge >= 0.3 is 0 Å². The third kappa shape index (κ3) is 3.84.